The second-order valence-electron chi connectivity index (χ2n) is 6.01. The second-order valence-corrected chi connectivity index (χ2v) is 6.01. The molecule has 3 nitrogen and oxygen atoms in total. The second kappa shape index (κ2) is 8.28. The number of carbonyl (C=O) groups excluding carboxylic acids is 2. The average molecular weight is 309 g/mol. The van der Waals surface area contributed by atoms with Crippen molar-refractivity contribution < 1.29 is 9.59 Å². The monoisotopic (exact) mass is 309 g/mol. The fraction of sp³-hybridized carbons (Fsp3) is 0.300. The van der Waals surface area contributed by atoms with E-state index in [1.165, 1.54) is 0 Å². The van der Waals surface area contributed by atoms with Gasteiger partial charge < -0.3 is 10.1 Å². The number of benzene rings is 2. The lowest BCUT2D eigenvalue weighted by Gasteiger charge is -2.14. The van der Waals surface area contributed by atoms with Crippen LogP contribution in [0.3, 0.4) is 0 Å². The van der Waals surface area contributed by atoms with Crippen molar-refractivity contribution in [2.45, 2.75) is 32.7 Å². The van der Waals surface area contributed by atoms with E-state index in [2.05, 4.69) is 12.2 Å². The van der Waals surface area contributed by atoms with Crippen LogP contribution in [0.25, 0.3) is 0 Å². The first-order valence-electron chi connectivity index (χ1n) is 7.98. The predicted molar refractivity (Wildman–Crippen MR) is 92.3 cm³/mol. The summed E-state index contributed by atoms with van der Waals surface area (Å²) in [6.07, 6.45) is 2.37. The zero-order valence-electron chi connectivity index (χ0n) is 13.7. The summed E-state index contributed by atoms with van der Waals surface area (Å²) in [5, 5.41) is 3.01. The van der Waals surface area contributed by atoms with Gasteiger partial charge in [-0.1, -0.05) is 49.4 Å². The molecule has 0 aliphatic carbocycles. The van der Waals surface area contributed by atoms with E-state index in [1.807, 2.05) is 61.5 Å². The molecule has 3 heteroatoms. The Kier molecular flexibility index (Phi) is 6.10. The molecule has 0 saturated carbocycles. The molecule has 1 N–H and O–H groups in total. The molecular weight excluding hydrogens is 286 g/mol. The number of aldehydes is 1. The van der Waals surface area contributed by atoms with Crippen LogP contribution in [0.5, 0.6) is 0 Å². The molecule has 0 bridgehead atoms. The molecule has 120 valence electrons. The van der Waals surface area contributed by atoms with E-state index in [0.29, 0.717) is 17.9 Å². The third-order valence-corrected chi connectivity index (χ3v) is 3.95. The van der Waals surface area contributed by atoms with Gasteiger partial charge in [-0.15, -0.1) is 0 Å². The van der Waals surface area contributed by atoms with E-state index < -0.39 is 0 Å². The lowest BCUT2D eigenvalue weighted by Crippen LogP contribution is -2.26. The minimum absolute atomic E-state index is 0.0315. The molecule has 0 saturated heterocycles. The molecule has 2 unspecified atom stereocenters. The summed E-state index contributed by atoms with van der Waals surface area (Å²) in [6, 6.07) is 17.5. The molecule has 23 heavy (non-hydrogen) atoms. The Morgan fingerprint density at radius 1 is 1.04 bits per heavy atom. The zero-order valence-corrected chi connectivity index (χ0v) is 13.7. The van der Waals surface area contributed by atoms with Gasteiger partial charge in [0.25, 0.3) is 5.91 Å². The lowest BCUT2D eigenvalue weighted by atomic mass is 9.98. The molecule has 0 aliphatic rings. The smallest absolute Gasteiger partial charge is 0.251 e. The first-order valence-corrected chi connectivity index (χ1v) is 7.98. The van der Waals surface area contributed by atoms with Crippen molar-refractivity contribution in [3.63, 3.8) is 0 Å². The Labute approximate surface area is 137 Å². The van der Waals surface area contributed by atoms with Crippen molar-refractivity contribution in [3.05, 3.63) is 71.3 Å². The van der Waals surface area contributed by atoms with Crippen LogP contribution in [-0.4, -0.2) is 12.2 Å². The maximum absolute atomic E-state index is 12.3. The quantitative estimate of drug-likeness (QED) is 0.787. The Hall–Kier alpha value is -2.42. The van der Waals surface area contributed by atoms with Gasteiger partial charge >= 0.3 is 0 Å². The summed E-state index contributed by atoms with van der Waals surface area (Å²) in [6.45, 7) is 4.03. The van der Waals surface area contributed by atoms with Gasteiger partial charge in [0.1, 0.15) is 6.29 Å². The predicted octanol–water partition coefficient (Wildman–Crippen LogP) is 3.95. The van der Waals surface area contributed by atoms with Crippen LogP contribution < -0.4 is 5.32 Å². The van der Waals surface area contributed by atoms with Crippen molar-refractivity contribution >= 4 is 12.2 Å². The number of hydrogen-bond acceptors (Lipinski definition) is 2. The highest BCUT2D eigenvalue weighted by Crippen LogP contribution is 2.14. The number of rotatable bonds is 7. The highest BCUT2D eigenvalue weighted by atomic mass is 16.1. The summed E-state index contributed by atoms with van der Waals surface area (Å²) in [4.78, 5) is 22.8. The highest BCUT2D eigenvalue weighted by molar-refractivity contribution is 5.94. The van der Waals surface area contributed by atoms with Gasteiger partial charge in [0, 0.05) is 12.0 Å². The van der Waals surface area contributed by atoms with Gasteiger partial charge in [0.2, 0.25) is 0 Å². The first-order chi connectivity index (χ1) is 11.1. The summed E-state index contributed by atoms with van der Waals surface area (Å²) < 4.78 is 0. The molecule has 2 atom stereocenters. The normalized spacial score (nSPS) is 13.1. The minimum atomic E-state index is -0.0751. The van der Waals surface area contributed by atoms with E-state index >= 15 is 0 Å². The topological polar surface area (TPSA) is 46.2 Å². The van der Waals surface area contributed by atoms with Crippen LogP contribution in [0.4, 0.5) is 0 Å². The minimum Gasteiger partial charge on any atom is -0.346 e. The van der Waals surface area contributed by atoms with Gasteiger partial charge in [0.05, 0.1) is 6.04 Å². The van der Waals surface area contributed by atoms with Crippen LogP contribution >= 0.6 is 0 Å². The molecule has 0 heterocycles. The molecule has 1 amide bonds. The Morgan fingerprint density at radius 2 is 1.70 bits per heavy atom. The summed E-state index contributed by atoms with van der Waals surface area (Å²) in [5.41, 5.74) is 2.88. The molecule has 2 aromatic carbocycles. The summed E-state index contributed by atoms with van der Waals surface area (Å²) in [7, 11) is 0. The fourth-order valence-corrected chi connectivity index (χ4v) is 2.55. The maximum atomic E-state index is 12.3. The average Bonchev–Trinajstić information content (AvgIpc) is 2.56. The third kappa shape index (κ3) is 5.06. The zero-order chi connectivity index (χ0) is 16.7. The molecular formula is C20H23NO2. The van der Waals surface area contributed by atoms with Crippen molar-refractivity contribution in [3.8, 4) is 0 Å². The van der Waals surface area contributed by atoms with Gasteiger partial charge in [0.15, 0.2) is 0 Å². The highest BCUT2D eigenvalue weighted by Gasteiger charge is 2.11. The van der Waals surface area contributed by atoms with Crippen LogP contribution in [0.15, 0.2) is 54.6 Å². The van der Waals surface area contributed by atoms with Crippen molar-refractivity contribution in [2.24, 2.45) is 5.92 Å². The van der Waals surface area contributed by atoms with Crippen LogP contribution in [0.1, 0.15) is 47.8 Å². The Morgan fingerprint density at radius 3 is 2.30 bits per heavy atom. The maximum Gasteiger partial charge on any atom is 0.251 e. The van der Waals surface area contributed by atoms with Gasteiger partial charge in [-0.25, -0.2) is 0 Å². The van der Waals surface area contributed by atoms with Crippen molar-refractivity contribution in [1.29, 1.82) is 0 Å². The number of hydrogen-bond donors (Lipinski definition) is 1. The van der Waals surface area contributed by atoms with E-state index in [1.54, 1.807) is 0 Å². The molecule has 0 spiro atoms. The van der Waals surface area contributed by atoms with Crippen molar-refractivity contribution in [2.75, 3.05) is 0 Å². The van der Waals surface area contributed by atoms with Crippen LogP contribution in [0, 0.1) is 5.92 Å². The largest absolute Gasteiger partial charge is 0.346 e. The lowest BCUT2D eigenvalue weighted by molar-refractivity contribution is -0.108. The van der Waals surface area contributed by atoms with Crippen LogP contribution in [0.2, 0.25) is 0 Å². The van der Waals surface area contributed by atoms with Gasteiger partial charge in [-0.3, -0.25) is 4.79 Å². The molecule has 0 fully saturated rings. The Balaban J connectivity index is 1.96. The fourth-order valence-electron chi connectivity index (χ4n) is 2.55. The number of amides is 1. The number of carbonyl (C=O) groups is 2. The van der Waals surface area contributed by atoms with Gasteiger partial charge in [-0.05, 0) is 42.5 Å². The summed E-state index contributed by atoms with van der Waals surface area (Å²) in [5.74, 6) is 0.249. The van der Waals surface area contributed by atoms with E-state index in [-0.39, 0.29) is 11.9 Å². The van der Waals surface area contributed by atoms with Crippen LogP contribution in [-0.2, 0) is 11.2 Å². The van der Waals surface area contributed by atoms with Gasteiger partial charge in [-0.2, -0.15) is 0 Å². The van der Waals surface area contributed by atoms with Crippen molar-refractivity contribution in [1.82, 2.24) is 5.32 Å². The van der Waals surface area contributed by atoms with E-state index in [4.69, 9.17) is 0 Å². The Bertz CT molecular complexity index is 634. The first kappa shape index (κ1) is 16.9. The molecule has 0 aromatic heterocycles. The molecule has 2 rings (SSSR count). The molecule has 2 aromatic rings. The molecule has 0 radical (unpaired) electrons. The SMILES string of the molecule is CC(CC=O)Cc1ccc(C(=O)NC(C)c2ccccc2)cc1. The number of nitrogens with one attached hydrogen (secondary N) is 1. The van der Waals surface area contributed by atoms with E-state index in [9.17, 15) is 9.59 Å². The molecule has 0 aliphatic heterocycles. The third-order valence-electron chi connectivity index (χ3n) is 3.95. The summed E-state index contributed by atoms with van der Waals surface area (Å²) >= 11 is 0. The standard InChI is InChI=1S/C20H23NO2/c1-15(12-13-22)14-17-8-10-19(11-9-17)20(23)21-16(2)18-6-4-3-5-7-18/h3-11,13,15-16H,12,14H2,1-2H3,(H,21,23). The van der Waals surface area contributed by atoms with E-state index in [0.717, 1.165) is 23.8 Å².